The van der Waals surface area contributed by atoms with Crippen LogP contribution in [0.1, 0.15) is 41.6 Å². The summed E-state index contributed by atoms with van der Waals surface area (Å²) in [6.45, 7) is 4.40. The second-order valence-corrected chi connectivity index (χ2v) is 7.08. The molecular weight excluding hydrogens is 359 g/mol. The van der Waals surface area contributed by atoms with Crippen molar-refractivity contribution in [3.05, 3.63) is 65.2 Å². The second-order valence-electron chi connectivity index (χ2n) is 7.08. The first-order valence-electron chi connectivity index (χ1n) is 9.32. The van der Waals surface area contributed by atoms with Crippen molar-refractivity contribution in [1.29, 1.82) is 0 Å². The van der Waals surface area contributed by atoms with Crippen molar-refractivity contribution in [3.8, 4) is 11.3 Å². The van der Waals surface area contributed by atoms with Crippen LogP contribution in [0.5, 0.6) is 0 Å². The minimum absolute atomic E-state index is 0.0126. The number of aryl methyl sites for hydroxylation is 2. The minimum atomic E-state index is -0.304. The maximum Gasteiger partial charge on any atom is 0.227 e. The van der Waals surface area contributed by atoms with E-state index in [0.717, 1.165) is 35.4 Å². The Balaban J connectivity index is 1.57. The lowest BCUT2D eigenvalue weighted by Crippen LogP contribution is -2.32. The third-order valence-corrected chi connectivity index (χ3v) is 5.13. The van der Waals surface area contributed by atoms with Gasteiger partial charge >= 0.3 is 0 Å². The molecule has 0 radical (unpaired) electrons. The van der Waals surface area contributed by atoms with Gasteiger partial charge in [0.15, 0.2) is 0 Å². The number of rotatable bonds is 4. The van der Waals surface area contributed by atoms with E-state index in [1.165, 1.54) is 12.1 Å². The molecule has 3 aromatic rings. The molecule has 0 saturated carbocycles. The summed E-state index contributed by atoms with van der Waals surface area (Å²) in [7, 11) is 0. The van der Waals surface area contributed by atoms with Crippen LogP contribution < -0.4 is 0 Å². The highest BCUT2D eigenvalue weighted by molar-refractivity contribution is 5.79. The Bertz CT molecular complexity index is 980. The standard InChI is InChI=1S/C21H21FN4O2/c1-13-21(14(2)28-25-13)18-12-23-11-17(24-18)19-4-3-9-26(19)20(27)10-15-5-7-16(22)8-6-15/h5-8,11-12,19H,3-4,9-10H2,1-2H3. The molecule has 1 amide bonds. The van der Waals surface area contributed by atoms with Crippen LogP contribution in [0.2, 0.25) is 0 Å². The summed E-state index contributed by atoms with van der Waals surface area (Å²) in [4.78, 5) is 23.8. The number of aromatic nitrogens is 3. The van der Waals surface area contributed by atoms with Crippen LogP contribution >= 0.6 is 0 Å². The fourth-order valence-electron chi connectivity index (χ4n) is 3.76. The van der Waals surface area contributed by atoms with Crippen molar-refractivity contribution >= 4 is 5.91 Å². The van der Waals surface area contributed by atoms with Crippen molar-refractivity contribution in [1.82, 2.24) is 20.0 Å². The average molecular weight is 380 g/mol. The largest absolute Gasteiger partial charge is 0.361 e. The van der Waals surface area contributed by atoms with E-state index in [1.54, 1.807) is 24.5 Å². The van der Waals surface area contributed by atoms with Crippen molar-refractivity contribution in [2.45, 2.75) is 39.2 Å². The van der Waals surface area contributed by atoms with Crippen molar-refractivity contribution in [2.24, 2.45) is 0 Å². The van der Waals surface area contributed by atoms with Gasteiger partial charge in [-0.15, -0.1) is 0 Å². The summed E-state index contributed by atoms with van der Waals surface area (Å²) in [5.41, 5.74) is 3.87. The van der Waals surface area contributed by atoms with Gasteiger partial charge < -0.3 is 9.42 Å². The molecule has 1 fully saturated rings. The van der Waals surface area contributed by atoms with Crippen LogP contribution in [0.25, 0.3) is 11.3 Å². The number of carbonyl (C=O) groups is 1. The van der Waals surface area contributed by atoms with Gasteiger partial charge in [0.25, 0.3) is 0 Å². The Morgan fingerprint density at radius 3 is 2.75 bits per heavy atom. The van der Waals surface area contributed by atoms with E-state index in [4.69, 9.17) is 9.51 Å². The highest BCUT2D eigenvalue weighted by atomic mass is 19.1. The molecule has 1 aliphatic heterocycles. The highest BCUT2D eigenvalue weighted by Gasteiger charge is 2.31. The van der Waals surface area contributed by atoms with Crippen molar-refractivity contribution in [2.75, 3.05) is 6.54 Å². The summed E-state index contributed by atoms with van der Waals surface area (Å²) < 4.78 is 18.3. The van der Waals surface area contributed by atoms with E-state index in [-0.39, 0.29) is 24.2 Å². The number of hydrogen-bond acceptors (Lipinski definition) is 5. The molecule has 7 heteroatoms. The van der Waals surface area contributed by atoms with Gasteiger partial charge in [-0.1, -0.05) is 17.3 Å². The molecule has 4 rings (SSSR count). The zero-order valence-electron chi connectivity index (χ0n) is 15.9. The fourth-order valence-corrected chi connectivity index (χ4v) is 3.76. The lowest BCUT2D eigenvalue weighted by atomic mass is 10.1. The quantitative estimate of drug-likeness (QED) is 0.689. The number of amides is 1. The van der Waals surface area contributed by atoms with Crippen LogP contribution in [-0.2, 0) is 11.2 Å². The van der Waals surface area contributed by atoms with Gasteiger partial charge in [0, 0.05) is 6.54 Å². The lowest BCUT2D eigenvalue weighted by molar-refractivity contribution is -0.131. The van der Waals surface area contributed by atoms with Gasteiger partial charge in [-0.2, -0.15) is 0 Å². The van der Waals surface area contributed by atoms with Gasteiger partial charge in [0.05, 0.1) is 47.5 Å². The van der Waals surface area contributed by atoms with Crippen molar-refractivity contribution < 1.29 is 13.7 Å². The van der Waals surface area contributed by atoms with Crippen LogP contribution in [-0.4, -0.2) is 32.5 Å². The Morgan fingerprint density at radius 1 is 1.25 bits per heavy atom. The van der Waals surface area contributed by atoms with Crippen LogP contribution in [0.3, 0.4) is 0 Å². The SMILES string of the molecule is Cc1noc(C)c1-c1cncc(C2CCCN2C(=O)Cc2ccc(F)cc2)n1. The first kappa shape index (κ1) is 18.3. The minimum Gasteiger partial charge on any atom is -0.361 e. The molecule has 1 atom stereocenters. The fraction of sp³-hybridized carbons (Fsp3) is 0.333. The van der Waals surface area contributed by atoms with E-state index in [0.29, 0.717) is 18.0 Å². The van der Waals surface area contributed by atoms with E-state index in [9.17, 15) is 9.18 Å². The monoisotopic (exact) mass is 380 g/mol. The van der Waals surface area contributed by atoms with Gasteiger partial charge in [0.2, 0.25) is 5.91 Å². The van der Waals surface area contributed by atoms with Crippen molar-refractivity contribution in [3.63, 3.8) is 0 Å². The van der Waals surface area contributed by atoms with E-state index in [1.807, 2.05) is 18.7 Å². The van der Waals surface area contributed by atoms with Gasteiger partial charge in [-0.05, 0) is 44.4 Å². The number of likely N-dealkylation sites (tertiary alicyclic amines) is 1. The summed E-state index contributed by atoms with van der Waals surface area (Å²) in [5, 5.41) is 3.98. The number of halogens is 1. The Morgan fingerprint density at radius 2 is 2.04 bits per heavy atom. The molecular formula is C21H21FN4O2. The summed E-state index contributed by atoms with van der Waals surface area (Å²) in [6, 6.07) is 5.94. The zero-order valence-corrected chi connectivity index (χ0v) is 15.9. The molecule has 1 unspecified atom stereocenters. The van der Waals surface area contributed by atoms with Crippen LogP contribution in [0.15, 0.2) is 41.2 Å². The molecule has 3 heterocycles. The third-order valence-electron chi connectivity index (χ3n) is 5.13. The molecule has 6 nitrogen and oxygen atoms in total. The molecule has 28 heavy (non-hydrogen) atoms. The summed E-state index contributed by atoms with van der Waals surface area (Å²) in [5.74, 6) is 0.403. The number of benzene rings is 1. The predicted octanol–water partition coefficient (Wildman–Crippen LogP) is 3.79. The van der Waals surface area contributed by atoms with Gasteiger partial charge in [0.1, 0.15) is 11.6 Å². The molecule has 144 valence electrons. The Kier molecular flexibility index (Phi) is 4.90. The normalized spacial score (nSPS) is 16.5. The van der Waals surface area contributed by atoms with Crippen LogP contribution in [0, 0.1) is 19.7 Å². The molecule has 2 aromatic heterocycles. The third kappa shape index (κ3) is 3.52. The Labute approximate surface area is 162 Å². The maximum absolute atomic E-state index is 13.1. The smallest absolute Gasteiger partial charge is 0.227 e. The second kappa shape index (κ2) is 7.50. The van der Waals surface area contributed by atoms with Crippen LogP contribution in [0.4, 0.5) is 4.39 Å². The Hall–Kier alpha value is -3.09. The summed E-state index contributed by atoms with van der Waals surface area (Å²) >= 11 is 0. The van der Waals surface area contributed by atoms with E-state index < -0.39 is 0 Å². The predicted molar refractivity (Wildman–Crippen MR) is 101 cm³/mol. The van der Waals surface area contributed by atoms with Gasteiger partial charge in [-0.3, -0.25) is 9.78 Å². The van der Waals surface area contributed by atoms with E-state index >= 15 is 0 Å². The highest BCUT2D eigenvalue weighted by Crippen LogP contribution is 2.33. The molecule has 1 aromatic carbocycles. The molecule has 0 spiro atoms. The molecule has 0 bridgehead atoms. The topological polar surface area (TPSA) is 72.1 Å². The summed E-state index contributed by atoms with van der Waals surface area (Å²) in [6.07, 6.45) is 5.41. The molecule has 1 saturated heterocycles. The first-order valence-corrected chi connectivity index (χ1v) is 9.32. The number of carbonyl (C=O) groups excluding carboxylic acids is 1. The zero-order chi connectivity index (χ0) is 19.7. The lowest BCUT2D eigenvalue weighted by Gasteiger charge is -2.24. The average Bonchev–Trinajstić information content (AvgIpc) is 3.30. The molecule has 0 N–H and O–H groups in total. The molecule has 1 aliphatic rings. The molecule has 0 aliphatic carbocycles. The van der Waals surface area contributed by atoms with Gasteiger partial charge in [-0.25, -0.2) is 9.37 Å². The first-order chi connectivity index (χ1) is 13.5. The number of hydrogen-bond donors (Lipinski definition) is 0. The van der Waals surface area contributed by atoms with E-state index in [2.05, 4.69) is 10.1 Å². The number of nitrogens with zero attached hydrogens (tertiary/aromatic N) is 4. The maximum atomic E-state index is 13.1.